The quantitative estimate of drug-likeness (QED) is 0.820. The summed E-state index contributed by atoms with van der Waals surface area (Å²) in [4.78, 5) is 23.4. The first-order valence-corrected chi connectivity index (χ1v) is 7.11. The molecule has 5 heteroatoms. The highest BCUT2D eigenvalue weighted by atomic mass is 16.2. The summed E-state index contributed by atoms with van der Waals surface area (Å²) < 4.78 is 1.28. The van der Waals surface area contributed by atoms with Gasteiger partial charge < -0.3 is 5.32 Å². The van der Waals surface area contributed by atoms with Crippen molar-refractivity contribution in [3.05, 3.63) is 64.1 Å². The van der Waals surface area contributed by atoms with Crippen molar-refractivity contribution in [2.45, 2.75) is 26.3 Å². The van der Waals surface area contributed by atoms with Gasteiger partial charge >= 0.3 is 0 Å². The molecule has 1 amide bonds. The van der Waals surface area contributed by atoms with Crippen LogP contribution in [0.1, 0.15) is 29.4 Å². The second-order valence-electron chi connectivity index (χ2n) is 4.72. The maximum absolute atomic E-state index is 11.9. The molecular weight excluding hydrogens is 266 g/mol. The smallest absolute Gasteiger partial charge is 0.271 e. The molecule has 0 saturated carbocycles. The van der Waals surface area contributed by atoms with Crippen LogP contribution in [0.15, 0.2) is 47.3 Å². The zero-order chi connectivity index (χ0) is 15.1. The lowest BCUT2D eigenvalue weighted by atomic mass is 10.1. The number of aromatic nitrogens is 2. The summed E-state index contributed by atoms with van der Waals surface area (Å²) in [6, 6.07) is 13.0. The summed E-state index contributed by atoms with van der Waals surface area (Å²) in [5.74, 6) is -0.245. The van der Waals surface area contributed by atoms with Crippen molar-refractivity contribution in [3.8, 4) is 0 Å². The van der Waals surface area contributed by atoms with E-state index >= 15 is 0 Å². The highest BCUT2D eigenvalue weighted by Gasteiger charge is 2.08. The Morgan fingerprint density at radius 3 is 2.67 bits per heavy atom. The predicted octanol–water partition coefficient (Wildman–Crippen LogP) is 1.63. The molecule has 1 N–H and O–H groups in total. The number of aryl methyl sites for hydroxylation is 2. The molecule has 21 heavy (non-hydrogen) atoms. The van der Waals surface area contributed by atoms with Gasteiger partial charge in [-0.15, -0.1) is 0 Å². The third-order valence-electron chi connectivity index (χ3n) is 3.17. The summed E-state index contributed by atoms with van der Waals surface area (Å²) in [7, 11) is 0. The molecule has 5 nitrogen and oxygen atoms in total. The van der Waals surface area contributed by atoms with Crippen molar-refractivity contribution in [3.63, 3.8) is 0 Å². The van der Waals surface area contributed by atoms with E-state index in [1.54, 1.807) is 0 Å². The molecule has 0 fully saturated rings. The van der Waals surface area contributed by atoms with E-state index in [4.69, 9.17) is 0 Å². The average molecular weight is 285 g/mol. The lowest BCUT2D eigenvalue weighted by Gasteiger charge is -2.06. The number of carbonyl (C=O) groups excluding carboxylic acids is 1. The van der Waals surface area contributed by atoms with Gasteiger partial charge in [-0.1, -0.05) is 30.3 Å². The summed E-state index contributed by atoms with van der Waals surface area (Å²) >= 11 is 0. The van der Waals surface area contributed by atoms with Gasteiger partial charge in [0.25, 0.3) is 11.5 Å². The zero-order valence-corrected chi connectivity index (χ0v) is 12.1. The molecule has 0 radical (unpaired) electrons. The summed E-state index contributed by atoms with van der Waals surface area (Å²) in [6.07, 6.45) is 1.78. The van der Waals surface area contributed by atoms with Gasteiger partial charge in [-0.05, 0) is 31.4 Å². The van der Waals surface area contributed by atoms with E-state index in [0.29, 0.717) is 13.1 Å². The monoisotopic (exact) mass is 285 g/mol. The van der Waals surface area contributed by atoms with E-state index in [9.17, 15) is 9.59 Å². The molecule has 0 bridgehead atoms. The Labute approximate surface area is 123 Å². The van der Waals surface area contributed by atoms with Crippen molar-refractivity contribution in [2.75, 3.05) is 6.54 Å². The Balaban J connectivity index is 1.83. The third kappa shape index (κ3) is 4.27. The number of nitrogens with zero attached hydrogens (tertiary/aromatic N) is 2. The van der Waals surface area contributed by atoms with E-state index in [1.807, 2.05) is 25.1 Å². The molecule has 1 aromatic heterocycles. The van der Waals surface area contributed by atoms with Crippen LogP contribution in [-0.4, -0.2) is 22.2 Å². The van der Waals surface area contributed by atoms with Crippen LogP contribution in [0.3, 0.4) is 0 Å². The molecule has 2 aromatic rings. The molecule has 0 aliphatic carbocycles. The van der Waals surface area contributed by atoms with Crippen LogP contribution in [0, 0.1) is 0 Å². The molecule has 0 aliphatic rings. The lowest BCUT2D eigenvalue weighted by molar-refractivity contribution is 0.0945. The van der Waals surface area contributed by atoms with Crippen molar-refractivity contribution < 1.29 is 4.79 Å². The largest absolute Gasteiger partial charge is 0.351 e. The van der Waals surface area contributed by atoms with Crippen LogP contribution in [-0.2, 0) is 13.0 Å². The molecule has 110 valence electrons. The maximum Gasteiger partial charge on any atom is 0.271 e. The molecule has 1 aromatic carbocycles. The molecule has 1 heterocycles. The van der Waals surface area contributed by atoms with Gasteiger partial charge in [0.1, 0.15) is 5.69 Å². The standard InChI is InChI=1S/C16H19N3O2/c1-2-19-15(20)11-10-14(18-19)16(21)17-12-6-9-13-7-4-3-5-8-13/h3-5,7-8,10-11H,2,6,9,12H2,1H3,(H,17,21). The predicted molar refractivity (Wildman–Crippen MR) is 81.3 cm³/mol. The Morgan fingerprint density at radius 1 is 1.19 bits per heavy atom. The number of carbonyl (C=O) groups is 1. The van der Waals surface area contributed by atoms with Crippen molar-refractivity contribution in [1.82, 2.24) is 15.1 Å². The topological polar surface area (TPSA) is 64.0 Å². The molecule has 0 spiro atoms. The Kier molecular flexibility index (Phi) is 5.26. The Bertz CT molecular complexity index is 650. The minimum Gasteiger partial charge on any atom is -0.351 e. The van der Waals surface area contributed by atoms with Gasteiger partial charge in [0.15, 0.2) is 0 Å². The van der Waals surface area contributed by atoms with Crippen molar-refractivity contribution in [2.24, 2.45) is 0 Å². The van der Waals surface area contributed by atoms with Crippen LogP contribution in [0.25, 0.3) is 0 Å². The first-order valence-electron chi connectivity index (χ1n) is 7.11. The fraction of sp³-hybridized carbons (Fsp3) is 0.312. The second kappa shape index (κ2) is 7.38. The maximum atomic E-state index is 11.9. The first-order chi connectivity index (χ1) is 10.2. The molecule has 0 atom stereocenters. The van der Waals surface area contributed by atoms with E-state index in [0.717, 1.165) is 12.8 Å². The van der Waals surface area contributed by atoms with Gasteiger partial charge in [0.05, 0.1) is 0 Å². The second-order valence-corrected chi connectivity index (χ2v) is 4.72. The van der Waals surface area contributed by atoms with Gasteiger partial charge in [-0.2, -0.15) is 5.10 Å². The highest BCUT2D eigenvalue weighted by molar-refractivity contribution is 5.91. The van der Waals surface area contributed by atoms with Gasteiger partial charge in [0.2, 0.25) is 0 Å². The summed E-state index contributed by atoms with van der Waals surface area (Å²) in [6.45, 7) is 2.85. The van der Waals surface area contributed by atoms with Crippen LogP contribution in [0.2, 0.25) is 0 Å². The first kappa shape index (κ1) is 15.0. The lowest BCUT2D eigenvalue weighted by Crippen LogP contribution is -2.30. The van der Waals surface area contributed by atoms with Crippen molar-refractivity contribution >= 4 is 5.91 Å². The van der Waals surface area contributed by atoms with Crippen LogP contribution in [0.5, 0.6) is 0 Å². The molecule has 0 saturated heterocycles. The van der Waals surface area contributed by atoms with Gasteiger partial charge in [0, 0.05) is 19.2 Å². The van der Waals surface area contributed by atoms with Crippen LogP contribution >= 0.6 is 0 Å². The number of amides is 1. The van der Waals surface area contributed by atoms with E-state index in [1.165, 1.54) is 22.4 Å². The van der Waals surface area contributed by atoms with E-state index < -0.39 is 0 Å². The third-order valence-corrected chi connectivity index (χ3v) is 3.17. The molecule has 0 unspecified atom stereocenters. The number of hydrogen-bond acceptors (Lipinski definition) is 3. The van der Waals surface area contributed by atoms with Crippen LogP contribution in [0.4, 0.5) is 0 Å². The van der Waals surface area contributed by atoms with Gasteiger partial charge in [-0.25, -0.2) is 4.68 Å². The summed E-state index contributed by atoms with van der Waals surface area (Å²) in [5, 5.41) is 6.84. The average Bonchev–Trinajstić information content (AvgIpc) is 2.53. The fourth-order valence-electron chi connectivity index (χ4n) is 2.03. The number of benzene rings is 1. The normalized spacial score (nSPS) is 10.3. The Hall–Kier alpha value is -2.43. The number of hydrogen-bond donors (Lipinski definition) is 1. The molecular formula is C16H19N3O2. The summed E-state index contributed by atoms with van der Waals surface area (Å²) in [5.41, 5.74) is 1.33. The molecule has 2 rings (SSSR count). The zero-order valence-electron chi connectivity index (χ0n) is 12.1. The van der Waals surface area contributed by atoms with E-state index in [-0.39, 0.29) is 17.2 Å². The fourth-order valence-corrected chi connectivity index (χ4v) is 2.03. The minimum atomic E-state index is -0.245. The Morgan fingerprint density at radius 2 is 1.95 bits per heavy atom. The number of rotatable bonds is 6. The minimum absolute atomic E-state index is 0.196. The van der Waals surface area contributed by atoms with Crippen LogP contribution < -0.4 is 10.9 Å². The van der Waals surface area contributed by atoms with E-state index in [2.05, 4.69) is 22.5 Å². The van der Waals surface area contributed by atoms with Crippen molar-refractivity contribution in [1.29, 1.82) is 0 Å². The SMILES string of the molecule is CCn1nc(C(=O)NCCCc2ccccc2)ccc1=O. The molecule has 0 aliphatic heterocycles. The number of nitrogens with one attached hydrogen (secondary N) is 1. The highest BCUT2D eigenvalue weighted by Crippen LogP contribution is 2.01. The van der Waals surface area contributed by atoms with Gasteiger partial charge in [-0.3, -0.25) is 9.59 Å².